The number of para-hydroxylation sites is 1. The normalized spacial score (nSPS) is 11.6. The highest BCUT2D eigenvalue weighted by Crippen LogP contribution is 2.40. The molecule has 50 heavy (non-hydrogen) atoms. The largest absolute Gasteiger partial charge is 0.456 e. The minimum atomic E-state index is 0.681. The lowest BCUT2D eigenvalue weighted by molar-refractivity contribution is 0.668. The first-order chi connectivity index (χ1) is 24.7. The van der Waals surface area contributed by atoms with Crippen molar-refractivity contribution in [2.75, 3.05) is 0 Å². The molecule has 0 aliphatic carbocycles. The Morgan fingerprint density at radius 1 is 0.320 bits per heavy atom. The Bertz CT molecular complexity index is 2810. The van der Waals surface area contributed by atoms with Crippen LogP contribution in [0.5, 0.6) is 0 Å². The third-order valence-corrected chi connectivity index (χ3v) is 9.50. The lowest BCUT2D eigenvalue weighted by atomic mass is 9.96. The summed E-state index contributed by atoms with van der Waals surface area (Å²) in [7, 11) is 0. The van der Waals surface area contributed by atoms with E-state index in [1.54, 1.807) is 0 Å². The molecule has 0 aliphatic heterocycles. The van der Waals surface area contributed by atoms with Crippen molar-refractivity contribution in [3.05, 3.63) is 170 Å². The number of aromatic nitrogens is 2. The quantitative estimate of drug-likeness (QED) is 0.188. The maximum absolute atomic E-state index is 6.43. The molecule has 0 radical (unpaired) electrons. The average molecular weight is 641 g/mol. The summed E-state index contributed by atoms with van der Waals surface area (Å²) in [5.74, 6) is 0.681. The Hall–Kier alpha value is -6.78. The van der Waals surface area contributed by atoms with Crippen molar-refractivity contribution in [2.24, 2.45) is 0 Å². The standard InChI is InChI=1S/C46H28N2O2/c1-3-11-29(12-4-1)39-28-40(30-13-5-2-6-14-30)48-46(47-39)34-16-9-15-33(25-34)35-18-10-20-44-45(35)38-27-32(22-24-43(38)50-44)31-21-23-42-37(26-31)36-17-7-8-19-41(36)49-42/h1-28H. The smallest absolute Gasteiger partial charge is 0.160 e. The molecule has 4 heteroatoms. The molecule has 7 aromatic carbocycles. The number of furan rings is 2. The van der Waals surface area contributed by atoms with Gasteiger partial charge in [-0.05, 0) is 70.8 Å². The Kier molecular flexibility index (Phi) is 6.46. The van der Waals surface area contributed by atoms with Gasteiger partial charge in [0.2, 0.25) is 0 Å². The summed E-state index contributed by atoms with van der Waals surface area (Å²) in [6.45, 7) is 0. The molecule has 0 unspecified atom stereocenters. The summed E-state index contributed by atoms with van der Waals surface area (Å²) in [4.78, 5) is 10.2. The highest BCUT2D eigenvalue weighted by atomic mass is 16.3. The van der Waals surface area contributed by atoms with Crippen LogP contribution in [0.2, 0.25) is 0 Å². The van der Waals surface area contributed by atoms with Crippen molar-refractivity contribution in [2.45, 2.75) is 0 Å². The van der Waals surface area contributed by atoms with Crippen molar-refractivity contribution in [1.29, 1.82) is 0 Å². The maximum atomic E-state index is 6.43. The zero-order valence-electron chi connectivity index (χ0n) is 26.9. The highest BCUT2D eigenvalue weighted by molar-refractivity contribution is 6.14. The minimum Gasteiger partial charge on any atom is -0.456 e. The predicted octanol–water partition coefficient (Wildman–Crippen LogP) is 12.6. The molecular formula is C46H28N2O2. The zero-order chi connectivity index (χ0) is 33.0. The van der Waals surface area contributed by atoms with E-state index >= 15 is 0 Å². The number of fused-ring (bicyclic) bond motifs is 6. The molecule has 0 amide bonds. The fraction of sp³-hybridized carbons (Fsp3) is 0. The number of rotatable bonds is 5. The van der Waals surface area contributed by atoms with Crippen molar-refractivity contribution >= 4 is 43.9 Å². The van der Waals surface area contributed by atoms with Gasteiger partial charge >= 0.3 is 0 Å². The van der Waals surface area contributed by atoms with E-state index in [-0.39, 0.29) is 0 Å². The number of hydrogen-bond donors (Lipinski definition) is 0. The second kappa shape index (κ2) is 11.4. The summed E-state index contributed by atoms with van der Waals surface area (Å²) in [5.41, 5.74) is 12.7. The molecule has 234 valence electrons. The van der Waals surface area contributed by atoms with Crippen LogP contribution in [0.4, 0.5) is 0 Å². The first-order valence-electron chi connectivity index (χ1n) is 16.7. The van der Waals surface area contributed by atoms with Crippen molar-refractivity contribution in [1.82, 2.24) is 9.97 Å². The number of hydrogen-bond acceptors (Lipinski definition) is 4. The average Bonchev–Trinajstić information content (AvgIpc) is 3.76. The van der Waals surface area contributed by atoms with Crippen LogP contribution in [0.15, 0.2) is 179 Å². The van der Waals surface area contributed by atoms with Gasteiger partial charge in [-0.2, -0.15) is 0 Å². The van der Waals surface area contributed by atoms with Gasteiger partial charge in [-0.25, -0.2) is 9.97 Å². The fourth-order valence-corrected chi connectivity index (χ4v) is 7.07. The highest BCUT2D eigenvalue weighted by Gasteiger charge is 2.16. The van der Waals surface area contributed by atoms with E-state index < -0.39 is 0 Å². The third-order valence-electron chi connectivity index (χ3n) is 9.50. The van der Waals surface area contributed by atoms with Crippen LogP contribution in [0.1, 0.15) is 0 Å². The molecule has 0 saturated heterocycles. The Morgan fingerprint density at radius 3 is 1.60 bits per heavy atom. The van der Waals surface area contributed by atoms with Crippen LogP contribution in [0.25, 0.3) is 100 Å². The van der Waals surface area contributed by atoms with Crippen molar-refractivity contribution in [3.63, 3.8) is 0 Å². The monoisotopic (exact) mass is 640 g/mol. The third kappa shape index (κ3) is 4.77. The maximum Gasteiger partial charge on any atom is 0.160 e. The molecule has 0 saturated carbocycles. The van der Waals surface area contributed by atoms with Gasteiger partial charge in [0.15, 0.2) is 5.82 Å². The second-order valence-corrected chi connectivity index (χ2v) is 12.6. The Labute approximate surface area is 287 Å². The topological polar surface area (TPSA) is 52.1 Å². The molecule has 3 aromatic heterocycles. The van der Waals surface area contributed by atoms with Gasteiger partial charge in [-0.1, -0.05) is 121 Å². The molecule has 4 nitrogen and oxygen atoms in total. The molecule has 0 atom stereocenters. The number of benzene rings is 7. The number of nitrogens with zero attached hydrogens (tertiary/aromatic N) is 2. The van der Waals surface area contributed by atoms with Gasteiger partial charge in [0.05, 0.1) is 11.4 Å². The van der Waals surface area contributed by atoms with E-state index in [0.29, 0.717) is 5.82 Å². The fourth-order valence-electron chi connectivity index (χ4n) is 7.07. The zero-order valence-corrected chi connectivity index (χ0v) is 26.9. The summed E-state index contributed by atoms with van der Waals surface area (Å²) in [5, 5.41) is 4.39. The molecule has 0 bridgehead atoms. The first kappa shape index (κ1) is 28.3. The van der Waals surface area contributed by atoms with Crippen LogP contribution < -0.4 is 0 Å². The Morgan fingerprint density at radius 2 is 0.860 bits per heavy atom. The lowest BCUT2D eigenvalue weighted by Gasteiger charge is -2.11. The SMILES string of the molecule is c1ccc(-c2cc(-c3ccccc3)nc(-c3cccc(-c4cccc5oc6ccc(-c7ccc8oc9ccccc9c8c7)cc6c45)c3)n2)cc1. The van der Waals surface area contributed by atoms with Crippen LogP contribution >= 0.6 is 0 Å². The minimum absolute atomic E-state index is 0.681. The lowest BCUT2D eigenvalue weighted by Crippen LogP contribution is -1.96. The molecule has 0 N–H and O–H groups in total. The van der Waals surface area contributed by atoms with E-state index in [9.17, 15) is 0 Å². The van der Waals surface area contributed by atoms with Crippen LogP contribution in [0.3, 0.4) is 0 Å². The second-order valence-electron chi connectivity index (χ2n) is 12.6. The summed E-state index contributed by atoms with van der Waals surface area (Å²) < 4.78 is 12.5. The van der Waals surface area contributed by atoms with Crippen LogP contribution in [-0.2, 0) is 0 Å². The molecule has 3 heterocycles. The molecule has 0 aliphatic rings. The molecule has 10 rings (SSSR count). The van der Waals surface area contributed by atoms with Gasteiger partial charge in [-0.15, -0.1) is 0 Å². The van der Waals surface area contributed by atoms with Gasteiger partial charge in [0, 0.05) is 38.2 Å². The summed E-state index contributed by atoms with van der Waals surface area (Å²) in [6, 6.07) is 58.5. The molecule has 0 spiro atoms. The first-order valence-corrected chi connectivity index (χ1v) is 16.7. The predicted molar refractivity (Wildman–Crippen MR) is 204 cm³/mol. The van der Waals surface area contributed by atoms with Crippen LogP contribution in [0, 0.1) is 0 Å². The molecule has 10 aromatic rings. The molecular weight excluding hydrogens is 613 g/mol. The van der Waals surface area contributed by atoms with Gasteiger partial charge in [0.1, 0.15) is 22.3 Å². The van der Waals surface area contributed by atoms with E-state index in [1.807, 2.05) is 54.6 Å². The van der Waals surface area contributed by atoms with Gasteiger partial charge in [0.25, 0.3) is 0 Å². The van der Waals surface area contributed by atoms with Crippen molar-refractivity contribution in [3.8, 4) is 56.2 Å². The summed E-state index contributed by atoms with van der Waals surface area (Å²) >= 11 is 0. The summed E-state index contributed by atoms with van der Waals surface area (Å²) in [6.07, 6.45) is 0. The van der Waals surface area contributed by atoms with Crippen molar-refractivity contribution < 1.29 is 8.83 Å². The Balaban J connectivity index is 1.11. The van der Waals surface area contributed by atoms with Gasteiger partial charge < -0.3 is 8.83 Å². The van der Waals surface area contributed by atoms with Gasteiger partial charge in [-0.3, -0.25) is 0 Å². The van der Waals surface area contributed by atoms with E-state index in [2.05, 4.69) is 115 Å². The van der Waals surface area contributed by atoms with E-state index in [1.165, 1.54) is 0 Å². The van der Waals surface area contributed by atoms with Crippen LogP contribution in [-0.4, -0.2) is 9.97 Å². The molecule has 0 fully saturated rings. The van der Waals surface area contributed by atoms with E-state index in [0.717, 1.165) is 94.2 Å². The van der Waals surface area contributed by atoms with E-state index in [4.69, 9.17) is 18.8 Å².